The second-order valence-corrected chi connectivity index (χ2v) is 7.20. The molecule has 5 heteroatoms. The fourth-order valence-electron chi connectivity index (χ4n) is 2.38. The molecule has 0 fully saturated rings. The van der Waals surface area contributed by atoms with Gasteiger partial charge in [-0.25, -0.2) is 4.98 Å². The predicted octanol–water partition coefficient (Wildman–Crippen LogP) is 4.30. The van der Waals surface area contributed by atoms with Crippen molar-refractivity contribution in [1.82, 2.24) is 14.9 Å². The molecule has 0 amide bonds. The second-order valence-electron chi connectivity index (χ2n) is 5.40. The molecule has 0 aliphatic heterocycles. The van der Waals surface area contributed by atoms with Crippen molar-refractivity contribution in [2.75, 3.05) is 0 Å². The van der Waals surface area contributed by atoms with Crippen LogP contribution in [0.15, 0.2) is 36.7 Å². The molecule has 3 aromatic heterocycles. The Labute approximate surface area is 133 Å². The molecule has 21 heavy (non-hydrogen) atoms. The number of nitrogens with one attached hydrogen (secondary N) is 1. The third kappa shape index (κ3) is 3.28. The average Bonchev–Trinajstić information content (AvgIpc) is 3.02. The van der Waals surface area contributed by atoms with Gasteiger partial charge in [-0.3, -0.25) is 0 Å². The number of fused-ring (bicyclic) bond motifs is 1. The fraction of sp³-hybridized carbons (Fsp3) is 0.312. The largest absolute Gasteiger partial charge is 0.327 e. The summed E-state index contributed by atoms with van der Waals surface area (Å²) in [6, 6.07) is 8.62. The summed E-state index contributed by atoms with van der Waals surface area (Å²) >= 11 is 7.64. The molecule has 0 aliphatic rings. The minimum absolute atomic E-state index is 0.469. The molecule has 0 aliphatic carbocycles. The van der Waals surface area contributed by atoms with Gasteiger partial charge in [0.2, 0.25) is 0 Å². The summed E-state index contributed by atoms with van der Waals surface area (Å²) in [6.45, 7) is 5.99. The number of hydrogen-bond acceptors (Lipinski definition) is 3. The maximum Gasteiger partial charge on any atom is 0.140 e. The van der Waals surface area contributed by atoms with Gasteiger partial charge in [-0.1, -0.05) is 25.4 Å². The van der Waals surface area contributed by atoms with E-state index in [2.05, 4.69) is 47.0 Å². The number of nitrogens with zero attached hydrogens (tertiary/aromatic N) is 2. The lowest BCUT2D eigenvalue weighted by Gasteiger charge is -2.06. The quantitative estimate of drug-likeness (QED) is 0.760. The molecule has 0 radical (unpaired) electrons. The van der Waals surface area contributed by atoms with Gasteiger partial charge in [-0.2, -0.15) is 0 Å². The summed E-state index contributed by atoms with van der Waals surface area (Å²) in [6.07, 6.45) is 4.04. The normalized spacial score (nSPS) is 11.6. The topological polar surface area (TPSA) is 29.9 Å². The monoisotopic (exact) mass is 319 g/mol. The molecule has 110 valence electrons. The van der Waals surface area contributed by atoms with Crippen LogP contribution in [0.4, 0.5) is 0 Å². The first kappa shape index (κ1) is 14.6. The maximum absolute atomic E-state index is 6.02. The number of thiophene rings is 1. The predicted molar refractivity (Wildman–Crippen MR) is 90.1 cm³/mol. The number of pyridine rings is 1. The first-order valence-electron chi connectivity index (χ1n) is 7.04. The molecule has 3 nitrogen and oxygen atoms in total. The highest BCUT2D eigenvalue weighted by Gasteiger charge is 2.10. The van der Waals surface area contributed by atoms with Gasteiger partial charge in [0.1, 0.15) is 5.65 Å². The molecule has 0 saturated heterocycles. The Hall–Kier alpha value is -1.36. The van der Waals surface area contributed by atoms with E-state index in [0.717, 1.165) is 23.1 Å². The van der Waals surface area contributed by atoms with Crippen molar-refractivity contribution in [3.05, 3.63) is 51.4 Å². The summed E-state index contributed by atoms with van der Waals surface area (Å²) in [5, 5.41) is 4.69. The second kappa shape index (κ2) is 6.18. The molecule has 3 rings (SSSR count). The highest BCUT2D eigenvalue weighted by molar-refractivity contribution is 7.16. The number of rotatable bonds is 5. The van der Waals surface area contributed by atoms with Crippen LogP contribution in [0.3, 0.4) is 0 Å². The molecule has 0 unspecified atom stereocenters. The van der Waals surface area contributed by atoms with E-state index < -0.39 is 0 Å². The summed E-state index contributed by atoms with van der Waals surface area (Å²) in [5.74, 6) is 0. The Bertz CT molecular complexity index is 745. The van der Waals surface area contributed by atoms with Crippen molar-refractivity contribution >= 4 is 34.0 Å². The third-order valence-corrected chi connectivity index (χ3v) is 4.59. The van der Waals surface area contributed by atoms with Gasteiger partial charge in [0.15, 0.2) is 0 Å². The molecule has 0 bridgehead atoms. The van der Waals surface area contributed by atoms with Gasteiger partial charge in [0.25, 0.3) is 0 Å². The lowest BCUT2D eigenvalue weighted by molar-refractivity contribution is 0.589. The van der Waals surface area contributed by atoms with E-state index in [-0.39, 0.29) is 0 Å². The molecular formula is C16H18ClN3S. The van der Waals surface area contributed by atoms with Gasteiger partial charge in [0.05, 0.1) is 10.9 Å². The minimum Gasteiger partial charge on any atom is -0.327 e. The van der Waals surface area contributed by atoms with Crippen molar-refractivity contribution in [2.45, 2.75) is 33.0 Å². The molecular weight excluding hydrogens is 302 g/mol. The van der Waals surface area contributed by atoms with Crippen LogP contribution >= 0.6 is 22.9 Å². The molecule has 0 aromatic carbocycles. The standard InChI is InChI=1S/C16H18ClN3S/c1-11(2)19-8-12-9-20(10-13-5-6-15(17)21-13)16-14(12)4-3-7-18-16/h3-7,9,11,19H,8,10H2,1-2H3. The number of aromatic nitrogens is 2. The lowest BCUT2D eigenvalue weighted by atomic mass is 10.2. The van der Waals surface area contributed by atoms with Gasteiger partial charge in [-0.05, 0) is 29.8 Å². The van der Waals surface area contributed by atoms with Crippen LogP contribution in [-0.4, -0.2) is 15.6 Å². The van der Waals surface area contributed by atoms with Crippen molar-refractivity contribution in [1.29, 1.82) is 0 Å². The fourth-order valence-corrected chi connectivity index (χ4v) is 3.46. The summed E-state index contributed by atoms with van der Waals surface area (Å²) in [4.78, 5) is 5.78. The highest BCUT2D eigenvalue weighted by Crippen LogP contribution is 2.25. The summed E-state index contributed by atoms with van der Waals surface area (Å²) in [7, 11) is 0. The van der Waals surface area contributed by atoms with Crippen molar-refractivity contribution in [2.24, 2.45) is 0 Å². The smallest absolute Gasteiger partial charge is 0.140 e. The Morgan fingerprint density at radius 2 is 2.19 bits per heavy atom. The van der Waals surface area contributed by atoms with Crippen LogP contribution in [0.1, 0.15) is 24.3 Å². The molecule has 0 spiro atoms. The number of halogens is 1. The van der Waals surface area contributed by atoms with Crippen LogP contribution in [0.5, 0.6) is 0 Å². The molecule has 3 aromatic rings. The van der Waals surface area contributed by atoms with Crippen LogP contribution in [-0.2, 0) is 13.1 Å². The first-order chi connectivity index (χ1) is 10.1. The van der Waals surface area contributed by atoms with Crippen molar-refractivity contribution < 1.29 is 0 Å². The molecule has 0 atom stereocenters. The van der Waals surface area contributed by atoms with E-state index in [0.29, 0.717) is 6.04 Å². The molecule has 3 heterocycles. The van der Waals surface area contributed by atoms with E-state index in [4.69, 9.17) is 11.6 Å². The summed E-state index contributed by atoms with van der Waals surface area (Å²) < 4.78 is 3.03. The van der Waals surface area contributed by atoms with E-state index in [1.165, 1.54) is 15.8 Å². The van der Waals surface area contributed by atoms with Gasteiger partial charge in [-0.15, -0.1) is 11.3 Å². The van der Waals surface area contributed by atoms with Crippen LogP contribution < -0.4 is 5.32 Å². The van der Waals surface area contributed by atoms with Crippen LogP contribution in [0.2, 0.25) is 4.34 Å². The maximum atomic E-state index is 6.02. The SMILES string of the molecule is CC(C)NCc1cn(Cc2ccc(Cl)s2)c2ncccc12. The van der Waals surface area contributed by atoms with Gasteiger partial charge >= 0.3 is 0 Å². The van der Waals surface area contributed by atoms with Gasteiger partial charge in [0, 0.05) is 35.2 Å². The Balaban J connectivity index is 1.94. The van der Waals surface area contributed by atoms with Crippen LogP contribution in [0, 0.1) is 0 Å². The zero-order valence-electron chi connectivity index (χ0n) is 12.1. The van der Waals surface area contributed by atoms with Crippen molar-refractivity contribution in [3.8, 4) is 0 Å². The van der Waals surface area contributed by atoms with Gasteiger partial charge < -0.3 is 9.88 Å². The highest BCUT2D eigenvalue weighted by atomic mass is 35.5. The average molecular weight is 320 g/mol. The Morgan fingerprint density at radius 3 is 2.90 bits per heavy atom. The zero-order chi connectivity index (χ0) is 14.8. The van der Waals surface area contributed by atoms with Crippen LogP contribution in [0.25, 0.3) is 11.0 Å². The molecule has 0 saturated carbocycles. The zero-order valence-corrected chi connectivity index (χ0v) is 13.7. The van der Waals surface area contributed by atoms with E-state index in [9.17, 15) is 0 Å². The van der Waals surface area contributed by atoms with E-state index in [1.54, 1.807) is 11.3 Å². The lowest BCUT2D eigenvalue weighted by Crippen LogP contribution is -2.21. The Morgan fingerprint density at radius 1 is 1.33 bits per heavy atom. The molecule has 1 N–H and O–H groups in total. The van der Waals surface area contributed by atoms with E-state index >= 15 is 0 Å². The Kier molecular flexibility index (Phi) is 4.29. The summed E-state index contributed by atoms with van der Waals surface area (Å²) in [5.41, 5.74) is 2.32. The van der Waals surface area contributed by atoms with E-state index in [1.807, 2.05) is 18.3 Å². The van der Waals surface area contributed by atoms with Crippen molar-refractivity contribution in [3.63, 3.8) is 0 Å². The number of hydrogen-bond donors (Lipinski definition) is 1. The minimum atomic E-state index is 0.469. The third-order valence-electron chi connectivity index (χ3n) is 3.37. The first-order valence-corrected chi connectivity index (χ1v) is 8.23.